The fourth-order valence-electron chi connectivity index (χ4n) is 3.46. The molecule has 1 unspecified atom stereocenters. The number of ether oxygens (including phenoxy) is 2. The molecular formula is C21H23N3O5. The topological polar surface area (TPSA) is 90.0 Å². The second kappa shape index (κ2) is 8.93. The summed E-state index contributed by atoms with van der Waals surface area (Å²) < 4.78 is 21.5. The molecule has 0 aliphatic carbocycles. The van der Waals surface area contributed by atoms with E-state index < -0.39 is 0 Å². The smallest absolute Gasteiger partial charge is 0.273 e. The Balaban J connectivity index is 1.49. The van der Waals surface area contributed by atoms with Crippen molar-refractivity contribution in [2.24, 2.45) is 0 Å². The van der Waals surface area contributed by atoms with Crippen molar-refractivity contribution in [1.29, 1.82) is 0 Å². The van der Waals surface area contributed by atoms with Gasteiger partial charge in [0, 0.05) is 31.3 Å². The van der Waals surface area contributed by atoms with Gasteiger partial charge in [-0.25, -0.2) is 0 Å². The zero-order chi connectivity index (χ0) is 20.1. The summed E-state index contributed by atoms with van der Waals surface area (Å²) >= 11 is 0. The number of amides is 1. The number of furan rings is 1. The van der Waals surface area contributed by atoms with E-state index in [1.54, 1.807) is 25.3 Å². The van der Waals surface area contributed by atoms with Crippen LogP contribution in [0.15, 0.2) is 57.7 Å². The van der Waals surface area contributed by atoms with E-state index in [9.17, 15) is 4.79 Å². The Labute approximate surface area is 168 Å². The number of methoxy groups -OCH3 is 1. The third-order valence-electron chi connectivity index (χ3n) is 4.95. The Morgan fingerprint density at radius 3 is 2.79 bits per heavy atom. The quantitative estimate of drug-likeness (QED) is 0.656. The molecule has 1 saturated heterocycles. The lowest BCUT2D eigenvalue weighted by atomic mass is 10.0. The molecule has 1 N–H and O–H groups in total. The summed E-state index contributed by atoms with van der Waals surface area (Å²) in [4.78, 5) is 15.0. The molecule has 0 radical (unpaired) electrons. The van der Waals surface area contributed by atoms with Crippen LogP contribution in [0.5, 0.6) is 5.75 Å². The van der Waals surface area contributed by atoms with Crippen LogP contribution in [-0.4, -0.2) is 55.9 Å². The molecule has 29 heavy (non-hydrogen) atoms. The van der Waals surface area contributed by atoms with Gasteiger partial charge in [0.1, 0.15) is 5.75 Å². The van der Waals surface area contributed by atoms with Gasteiger partial charge >= 0.3 is 0 Å². The fraction of sp³-hybridized carbons (Fsp3) is 0.333. The van der Waals surface area contributed by atoms with Crippen LogP contribution in [-0.2, 0) is 4.74 Å². The number of rotatable bonds is 7. The van der Waals surface area contributed by atoms with Crippen LogP contribution in [0.4, 0.5) is 0 Å². The molecule has 8 heteroatoms. The van der Waals surface area contributed by atoms with E-state index in [1.165, 1.54) is 6.26 Å². The average Bonchev–Trinajstić information content (AvgIpc) is 3.47. The largest absolute Gasteiger partial charge is 0.496 e. The molecule has 1 amide bonds. The molecule has 4 rings (SSSR count). The van der Waals surface area contributed by atoms with Crippen molar-refractivity contribution in [2.45, 2.75) is 6.04 Å². The number of morpholine rings is 1. The normalized spacial score (nSPS) is 15.8. The van der Waals surface area contributed by atoms with Crippen molar-refractivity contribution in [2.75, 3.05) is 40.0 Å². The second-order valence-electron chi connectivity index (χ2n) is 6.67. The van der Waals surface area contributed by atoms with E-state index in [-0.39, 0.29) is 17.6 Å². The van der Waals surface area contributed by atoms with Crippen molar-refractivity contribution in [1.82, 2.24) is 15.4 Å². The van der Waals surface area contributed by atoms with Gasteiger partial charge in [0.25, 0.3) is 5.91 Å². The van der Waals surface area contributed by atoms with Gasteiger partial charge in [0.05, 0.1) is 32.6 Å². The predicted molar refractivity (Wildman–Crippen MR) is 105 cm³/mol. The van der Waals surface area contributed by atoms with Crippen LogP contribution in [0.3, 0.4) is 0 Å². The summed E-state index contributed by atoms with van der Waals surface area (Å²) in [5.74, 6) is 1.42. The number of nitrogens with one attached hydrogen (secondary N) is 1. The zero-order valence-corrected chi connectivity index (χ0v) is 16.2. The molecule has 1 atom stereocenters. The van der Waals surface area contributed by atoms with Crippen molar-refractivity contribution < 1.29 is 23.2 Å². The number of carbonyl (C=O) groups is 1. The Morgan fingerprint density at radius 1 is 1.21 bits per heavy atom. The lowest BCUT2D eigenvalue weighted by Gasteiger charge is -2.35. The van der Waals surface area contributed by atoms with Gasteiger partial charge < -0.3 is 23.7 Å². The molecule has 1 aliphatic rings. The first-order valence-corrected chi connectivity index (χ1v) is 9.50. The standard InChI is InChI=1S/C21H23N3O5/c1-26-18-6-3-2-5-15(18)17(24-8-11-27-12-9-24)14-22-21(25)16-13-20(29-23-16)19-7-4-10-28-19/h2-7,10,13,17H,8-9,11-12,14H2,1H3,(H,22,25). The number of nitrogens with zero attached hydrogens (tertiary/aromatic N) is 2. The Hall–Kier alpha value is -3.10. The lowest BCUT2D eigenvalue weighted by molar-refractivity contribution is 0.0157. The molecule has 2 aromatic heterocycles. The van der Waals surface area contributed by atoms with Crippen LogP contribution in [0.25, 0.3) is 11.5 Å². The molecule has 3 heterocycles. The summed E-state index contributed by atoms with van der Waals surface area (Å²) in [6.45, 7) is 3.29. The highest BCUT2D eigenvalue weighted by Gasteiger charge is 2.26. The Morgan fingerprint density at radius 2 is 2.03 bits per heavy atom. The van der Waals surface area contributed by atoms with Gasteiger partial charge in [-0.15, -0.1) is 0 Å². The van der Waals surface area contributed by atoms with Gasteiger partial charge in [-0.3, -0.25) is 9.69 Å². The van der Waals surface area contributed by atoms with Crippen LogP contribution in [0.2, 0.25) is 0 Å². The summed E-state index contributed by atoms with van der Waals surface area (Å²) in [7, 11) is 1.65. The molecule has 0 bridgehead atoms. The van der Waals surface area contributed by atoms with Crippen molar-refractivity contribution in [3.05, 3.63) is 60.0 Å². The number of para-hydroxylation sites is 1. The number of carbonyl (C=O) groups excluding carboxylic acids is 1. The zero-order valence-electron chi connectivity index (χ0n) is 16.2. The van der Waals surface area contributed by atoms with Gasteiger partial charge in [-0.05, 0) is 18.2 Å². The van der Waals surface area contributed by atoms with Gasteiger partial charge in [0.2, 0.25) is 5.76 Å². The minimum absolute atomic E-state index is 0.0459. The van der Waals surface area contributed by atoms with Gasteiger partial charge in [-0.1, -0.05) is 23.4 Å². The third kappa shape index (κ3) is 4.33. The summed E-state index contributed by atoms with van der Waals surface area (Å²) in [6, 6.07) is 12.9. The van der Waals surface area contributed by atoms with Crippen LogP contribution >= 0.6 is 0 Å². The number of benzene rings is 1. The first-order chi connectivity index (χ1) is 14.3. The van der Waals surface area contributed by atoms with Gasteiger partial charge in [-0.2, -0.15) is 0 Å². The van der Waals surface area contributed by atoms with Crippen LogP contribution in [0, 0.1) is 0 Å². The maximum Gasteiger partial charge on any atom is 0.273 e. The van der Waals surface area contributed by atoms with Gasteiger partial charge in [0.15, 0.2) is 11.5 Å². The molecule has 1 aromatic carbocycles. The molecule has 152 valence electrons. The third-order valence-corrected chi connectivity index (χ3v) is 4.95. The summed E-state index contributed by atoms with van der Waals surface area (Å²) in [6.07, 6.45) is 1.54. The lowest BCUT2D eigenvalue weighted by Crippen LogP contribution is -2.44. The Bertz CT molecular complexity index is 931. The van der Waals surface area contributed by atoms with E-state index in [4.69, 9.17) is 18.4 Å². The van der Waals surface area contributed by atoms with E-state index in [1.807, 2.05) is 24.3 Å². The Kier molecular flexibility index (Phi) is 5.92. The van der Waals surface area contributed by atoms with E-state index >= 15 is 0 Å². The van der Waals surface area contributed by atoms with E-state index in [0.717, 1.165) is 24.4 Å². The number of aromatic nitrogens is 1. The number of hydrogen-bond acceptors (Lipinski definition) is 7. The minimum Gasteiger partial charge on any atom is -0.496 e. The number of hydrogen-bond donors (Lipinski definition) is 1. The highest BCUT2D eigenvalue weighted by atomic mass is 16.5. The highest BCUT2D eigenvalue weighted by Crippen LogP contribution is 2.29. The molecule has 0 saturated carbocycles. The maximum absolute atomic E-state index is 12.7. The fourth-order valence-corrected chi connectivity index (χ4v) is 3.46. The van der Waals surface area contributed by atoms with Crippen molar-refractivity contribution in [3.63, 3.8) is 0 Å². The minimum atomic E-state index is -0.306. The monoisotopic (exact) mass is 397 g/mol. The molecule has 3 aromatic rings. The second-order valence-corrected chi connectivity index (χ2v) is 6.67. The predicted octanol–water partition coefficient (Wildman–Crippen LogP) is 2.75. The average molecular weight is 397 g/mol. The van der Waals surface area contributed by atoms with Crippen molar-refractivity contribution >= 4 is 5.91 Å². The molecule has 8 nitrogen and oxygen atoms in total. The molecule has 0 spiro atoms. The van der Waals surface area contributed by atoms with Crippen molar-refractivity contribution in [3.8, 4) is 17.3 Å². The summed E-state index contributed by atoms with van der Waals surface area (Å²) in [5.41, 5.74) is 1.23. The summed E-state index contributed by atoms with van der Waals surface area (Å²) in [5, 5.41) is 6.84. The first-order valence-electron chi connectivity index (χ1n) is 9.50. The van der Waals surface area contributed by atoms with E-state index in [0.29, 0.717) is 31.3 Å². The van der Waals surface area contributed by atoms with E-state index in [2.05, 4.69) is 15.4 Å². The first kappa shape index (κ1) is 19.2. The SMILES string of the molecule is COc1ccccc1C(CNC(=O)c1cc(-c2ccco2)on1)N1CCOCC1. The van der Waals surface area contributed by atoms with Crippen LogP contribution in [0.1, 0.15) is 22.1 Å². The maximum atomic E-state index is 12.7. The molecular weight excluding hydrogens is 374 g/mol. The molecule has 1 fully saturated rings. The highest BCUT2D eigenvalue weighted by molar-refractivity contribution is 5.92. The molecule has 1 aliphatic heterocycles. The van der Waals surface area contributed by atoms with Crippen LogP contribution < -0.4 is 10.1 Å².